The van der Waals surface area contributed by atoms with Gasteiger partial charge in [0, 0.05) is 0 Å². The summed E-state index contributed by atoms with van der Waals surface area (Å²) in [5.74, 6) is 0. The van der Waals surface area contributed by atoms with Crippen LogP contribution in [0, 0.1) is 0 Å². The van der Waals surface area contributed by atoms with Crippen LogP contribution in [0.3, 0.4) is 0 Å². The first-order chi connectivity index (χ1) is 3.39. The van der Waals surface area contributed by atoms with E-state index in [1.54, 1.807) is 0 Å². The van der Waals surface area contributed by atoms with Crippen molar-refractivity contribution in [1.82, 2.24) is 0 Å². The van der Waals surface area contributed by atoms with Crippen molar-refractivity contribution in [3.8, 4) is 0 Å². The van der Waals surface area contributed by atoms with Gasteiger partial charge >= 0.3 is 50.8 Å². The summed E-state index contributed by atoms with van der Waals surface area (Å²) in [4.78, 5) is 0. The Morgan fingerprint density at radius 1 is 1.00 bits per heavy atom. The van der Waals surface area contributed by atoms with Crippen molar-refractivity contribution < 1.29 is 16.0 Å². The Morgan fingerprint density at radius 2 is 1.57 bits per heavy atom. The molecule has 0 fully saturated rings. The number of rotatable bonds is 0. The van der Waals surface area contributed by atoms with Crippen molar-refractivity contribution >= 4 is 4.46 Å². The van der Waals surface area contributed by atoms with Gasteiger partial charge in [-0.25, -0.2) is 0 Å². The van der Waals surface area contributed by atoms with Crippen molar-refractivity contribution in [2.45, 2.75) is 0 Å². The van der Waals surface area contributed by atoms with E-state index in [9.17, 15) is 0 Å². The van der Waals surface area contributed by atoms with Gasteiger partial charge in [-0.15, -0.1) is 0 Å². The summed E-state index contributed by atoms with van der Waals surface area (Å²) in [6.45, 7) is 0. The molecule has 0 bridgehead atoms. The zero-order valence-corrected chi connectivity index (χ0v) is 4.84. The van der Waals surface area contributed by atoms with E-state index in [1.807, 2.05) is 30.3 Å². The molecule has 0 aromatic heterocycles. The van der Waals surface area contributed by atoms with Gasteiger partial charge in [-0.05, 0) is 0 Å². The molecule has 0 saturated heterocycles. The number of hydrogen-bond acceptors (Lipinski definition) is 0. The molecule has 0 nitrogen and oxygen atoms in total. The fourth-order valence-electron chi connectivity index (χ4n) is 0.410. The quantitative estimate of drug-likeness (QED) is 0.460. The van der Waals surface area contributed by atoms with Crippen molar-refractivity contribution in [2.24, 2.45) is 0 Å². The van der Waals surface area contributed by atoms with Gasteiger partial charge in [0.1, 0.15) is 0 Å². The third-order valence-corrected chi connectivity index (χ3v) is 1.09. The number of benzene rings is 1. The minimum atomic E-state index is 1.07. The molecule has 37 valence electrons. The Labute approximate surface area is 51.4 Å². The van der Waals surface area contributed by atoms with Gasteiger partial charge in [0.25, 0.3) is 0 Å². The van der Waals surface area contributed by atoms with E-state index < -0.39 is 0 Å². The second-order valence-corrected chi connectivity index (χ2v) is 1.92. The molecular weight excluding hydrogens is 128 g/mol. The van der Waals surface area contributed by atoms with Crippen molar-refractivity contribution in [3.63, 3.8) is 0 Å². The summed E-state index contributed by atoms with van der Waals surface area (Å²) in [6.07, 6.45) is 0. The van der Waals surface area contributed by atoms with E-state index in [0.29, 0.717) is 0 Å². The van der Waals surface area contributed by atoms with Gasteiger partial charge in [-0.2, -0.15) is 0 Å². The first kappa shape index (κ1) is 4.89. The first-order valence-electron chi connectivity index (χ1n) is 2.09. The summed E-state index contributed by atoms with van der Waals surface area (Å²) in [6, 6.07) is 9.87. The molecule has 7 heavy (non-hydrogen) atoms. The molecule has 0 amide bonds. The average molecular weight is 133 g/mol. The van der Waals surface area contributed by atoms with Crippen LogP contribution in [0.5, 0.6) is 0 Å². The monoisotopic (exact) mass is 133 g/mol. The molecule has 0 heterocycles. The molecule has 0 N–H and O–H groups in total. The van der Waals surface area contributed by atoms with Crippen LogP contribution < -0.4 is 4.46 Å². The predicted molar refractivity (Wildman–Crippen MR) is 26.1 cm³/mol. The molecule has 1 heteroatoms. The van der Waals surface area contributed by atoms with Crippen LogP contribution in [0.2, 0.25) is 0 Å². The van der Waals surface area contributed by atoms with E-state index in [1.165, 1.54) is 0 Å². The van der Waals surface area contributed by atoms with Crippen LogP contribution >= 0.6 is 0 Å². The van der Waals surface area contributed by atoms with Crippen LogP contribution in [0.25, 0.3) is 0 Å². The molecule has 1 rings (SSSR count). The van der Waals surface area contributed by atoms with Crippen LogP contribution in [0.15, 0.2) is 30.3 Å². The van der Waals surface area contributed by atoms with E-state index in [4.69, 9.17) is 0 Å². The third-order valence-electron chi connectivity index (χ3n) is 0.725. The third kappa shape index (κ3) is 1.34. The minimum absolute atomic E-state index is 1.07. The molecule has 0 aliphatic carbocycles. The molecule has 0 aliphatic heterocycles. The zero-order chi connectivity index (χ0) is 5.11. The van der Waals surface area contributed by atoms with Gasteiger partial charge in [0.05, 0.1) is 0 Å². The maximum absolute atomic E-state index is 3.72. The Morgan fingerprint density at radius 3 is 1.86 bits per heavy atom. The average Bonchev–Trinajstić information content (AvgIpc) is 1.69. The summed E-state index contributed by atoms with van der Waals surface area (Å²) < 4.78 is 1.07. The second-order valence-electron chi connectivity index (χ2n) is 1.28. The summed E-state index contributed by atoms with van der Waals surface area (Å²) in [5.41, 5.74) is 0. The maximum atomic E-state index is 3.72. The molecule has 1 aromatic rings. The molecule has 0 saturated carbocycles. The van der Waals surface area contributed by atoms with E-state index in [0.717, 1.165) is 4.46 Å². The van der Waals surface area contributed by atoms with Gasteiger partial charge in [-0.1, -0.05) is 0 Å². The van der Waals surface area contributed by atoms with Gasteiger partial charge in [0.15, 0.2) is 0 Å². The summed E-state index contributed by atoms with van der Waals surface area (Å²) in [7, 11) is 0. The molecule has 0 spiro atoms. The SMILES string of the molecule is [Fe][c]1ccccc1. The Balaban J connectivity index is 3.02. The Hall–Kier alpha value is -0.261. The zero-order valence-electron chi connectivity index (χ0n) is 3.74. The fraction of sp³-hybridized carbons (Fsp3) is 0. The van der Waals surface area contributed by atoms with Crippen LogP contribution in [0.4, 0.5) is 0 Å². The molecular formula is C6H5Fe. The van der Waals surface area contributed by atoms with Gasteiger partial charge in [-0.3, -0.25) is 0 Å². The van der Waals surface area contributed by atoms with Crippen LogP contribution in [0.1, 0.15) is 0 Å². The van der Waals surface area contributed by atoms with Crippen molar-refractivity contribution in [3.05, 3.63) is 30.3 Å². The Bertz CT molecular complexity index is 134. The van der Waals surface area contributed by atoms with Gasteiger partial charge in [0.2, 0.25) is 0 Å². The molecule has 0 aliphatic rings. The summed E-state index contributed by atoms with van der Waals surface area (Å²) >= 11 is 3.72. The fourth-order valence-corrected chi connectivity index (χ4v) is 0.622. The van der Waals surface area contributed by atoms with Crippen molar-refractivity contribution in [1.29, 1.82) is 0 Å². The predicted octanol–water partition coefficient (Wildman–Crippen LogP) is 0.859. The normalized spacial score (nSPS) is 8.71. The molecule has 0 atom stereocenters. The standard InChI is InChI=1S/C6H5.Fe/c1-2-4-6-5-3-1;/h1-5H;. The first-order valence-corrected chi connectivity index (χ1v) is 2.64. The second kappa shape index (κ2) is 2.15. The van der Waals surface area contributed by atoms with Gasteiger partial charge < -0.3 is 0 Å². The van der Waals surface area contributed by atoms with Crippen LogP contribution in [-0.4, -0.2) is 0 Å². The molecule has 0 unspecified atom stereocenters. The van der Waals surface area contributed by atoms with E-state index in [-0.39, 0.29) is 0 Å². The Kier molecular flexibility index (Phi) is 1.50. The van der Waals surface area contributed by atoms with E-state index >= 15 is 0 Å². The van der Waals surface area contributed by atoms with E-state index in [2.05, 4.69) is 16.0 Å². The molecule has 0 radical (unpaired) electrons. The topological polar surface area (TPSA) is 0 Å². The van der Waals surface area contributed by atoms with Crippen molar-refractivity contribution in [2.75, 3.05) is 0 Å². The van der Waals surface area contributed by atoms with Crippen LogP contribution in [-0.2, 0) is 16.0 Å². The number of hydrogen-bond donors (Lipinski definition) is 0. The molecule has 1 aromatic carbocycles. The summed E-state index contributed by atoms with van der Waals surface area (Å²) in [5, 5.41) is 0.